The predicted octanol–water partition coefficient (Wildman–Crippen LogP) is 2.46. The molecule has 0 spiro atoms. The molecule has 7 heteroatoms. The molecule has 1 N–H and O–H groups in total. The molecule has 0 saturated carbocycles. The number of nitrogens with one attached hydrogen (secondary N) is 1. The Kier molecular flexibility index (Phi) is 5.64. The normalized spacial score (nSPS) is 14.5. The predicted molar refractivity (Wildman–Crippen MR) is 71.4 cm³/mol. The van der Waals surface area contributed by atoms with E-state index < -0.39 is 10.8 Å². The fraction of sp³-hybridized carbons (Fsp3) is 0.556. The monoisotopic (exact) mass is 325 g/mol. The molecule has 90 valence electrons. The molecule has 0 aromatic carbocycles. The van der Waals surface area contributed by atoms with Crippen LogP contribution >= 0.6 is 27.5 Å². The Morgan fingerprint density at radius 1 is 1.62 bits per heavy atom. The van der Waals surface area contributed by atoms with Crippen LogP contribution < -0.4 is 5.32 Å². The van der Waals surface area contributed by atoms with Gasteiger partial charge in [-0.2, -0.15) is 0 Å². The molecule has 2 atom stereocenters. The SMILES string of the molecule is CC(CCNc1ncnc(Cl)c1Br)S(C)=O. The Bertz CT molecular complexity index is 391. The molecule has 0 aliphatic rings. The molecule has 4 nitrogen and oxygen atoms in total. The molecule has 0 amide bonds. The van der Waals surface area contributed by atoms with Gasteiger partial charge in [-0.1, -0.05) is 18.5 Å². The molecule has 1 heterocycles. The van der Waals surface area contributed by atoms with Crippen molar-refractivity contribution < 1.29 is 4.21 Å². The van der Waals surface area contributed by atoms with E-state index in [1.165, 1.54) is 6.33 Å². The first-order chi connectivity index (χ1) is 7.52. The zero-order valence-corrected chi connectivity index (χ0v) is 12.2. The highest BCUT2D eigenvalue weighted by Gasteiger charge is 2.08. The van der Waals surface area contributed by atoms with Crippen molar-refractivity contribution in [3.8, 4) is 0 Å². The van der Waals surface area contributed by atoms with Gasteiger partial charge in [-0.25, -0.2) is 9.97 Å². The minimum atomic E-state index is -0.788. The lowest BCUT2D eigenvalue weighted by atomic mass is 10.3. The highest BCUT2D eigenvalue weighted by atomic mass is 79.9. The van der Waals surface area contributed by atoms with Crippen molar-refractivity contribution in [2.75, 3.05) is 18.1 Å². The molecule has 0 aliphatic heterocycles. The lowest BCUT2D eigenvalue weighted by molar-refractivity contribution is 0.672. The number of hydrogen-bond acceptors (Lipinski definition) is 4. The van der Waals surface area contributed by atoms with E-state index in [2.05, 4.69) is 31.2 Å². The summed E-state index contributed by atoms with van der Waals surface area (Å²) in [5, 5.41) is 3.67. The lowest BCUT2D eigenvalue weighted by Gasteiger charge is -2.10. The number of rotatable bonds is 5. The second-order valence-electron chi connectivity index (χ2n) is 3.35. The molecule has 1 aromatic heterocycles. The van der Waals surface area contributed by atoms with Crippen LogP contribution in [0.3, 0.4) is 0 Å². The minimum Gasteiger partial charge on any atom is -0.369 e. The molecule has 16 heavy (non-hydrogen) atoms. The van der Waals surface area contributed by atoms with E-state index >= 15 is 0 Å². The van der Waals surface area contributed by atoms with Gasteiger partial charge in [0, 0.05) is 28.9 Å². The molecule has 1 aromatic rings. The van der Waals surface area contributed by atoms with Crippen LogP contribution in [0.1, 0.15) is 13.3 Å². The third kappa shape index (κ3) is 3.99. The Morgan fingerprint density at radius 3 is 2.94 bits per heavy atom. The van der Waals surface area contributed by atoms with Gasteiger partial charge in [-0.05, 0) is 22.4 Å². The van der Waals surface area contributed by atoms with Crippen molar-refractivity contribution in [2.24, 2.45) is 0 Å². The fourth-order valence-electron chi connectivity index (χ4n) is 1.03. The van der Waals surface area contributed by atoms with E-state index in [4.69, 9.17) is 11.6 Å². The zero-order valence-electron chi connectivity index (χ0n) is 9.04. The van der Waals surface area contributed by atoms with Gasteiger partial charge in [-0.3, -0.25) is 4.21 Å². The van der Waals surface area contributed by atoms with E-state index in [0.29, 0.717) is 22.0 Å². The first-order valence-corrected chi connectivity index (χ1v) is 7.53. The van der Waals surface area contributed by atoms with Crippen LogP contribution in [0.5, 0.6) is 0 Å². The van der Waals surface area contributed by atoms with Gasteiger partial charge < -0.3 is 5.32 Å². The second kappa shape index (κ2) is 6.51. The van der Waals surface area contributed by atoms with Gasteiger partial charge in [0.2, 0.25) is 0 Å². The van der Waals surface area contributed by atoms with E-state index in [0.717, 1.165) is 6.42 Å². The lowest BCUT2D eigenvalue weighted by Crippen LogP contribution is -2.15. The molecule has 0 radical (unpaired) electrons. The van der Waals surface area contributed by atoms with Crippen LogP contribution in [-0.2, 0) is 10.8 Å². The molecule has 2 unspecified atom stereocenters. The van der Waals surface area contributed by atoms with Gasteiger partial charge in [0.15, 0.2) is 0 Å². The Balaban J connectivity index is 2.49. The van der Waals surface area contributed by atoms with Crippen LogP contribution in [0.2, 0.25) is 5.15 Å². The summed E-state index contributed by atoms with van der Waals surface area (Å²) in [6, 6.07) is 0. The number of halogens is 2. The van der Waals surface area contributed by atoms with Crippen molar-refractivity contribution in [3.05, 3.63) is 16.0 Å². The first-order valence-electron chi connectivity index (χ1n) is 4.74. The van der Waals surface area contributed by atoms with Crippen LogP contribution in [0, 0.1) is 0 Å². The average molecular weight is 327 g/mol. The Hall–Kier alpha value is -0.200. The third-order valence-corrected chi connectivity index (χ3v) is 4.79. The van der Waals surface area contributed by atoms with E-state index in [-0.39, 0.29) is 5.25 Å². The second-order valence-corrected chi connectivity index (χ2v) is 6.30. The quantitative estimate of drug-likeness (QED) is 0.845. The van der Waals surface area contributed by atoms with Crippen LogP contribution in [-0.4, -0.2) is 32.2 Å². The fourth-order valence-corrected chi connectivity index (χ4v) is 1.96. The standard InChI is InChI=1S/C9H13BrClN3OS/c1-6(16(2)15)3-4-12-9-7(10)8(11)13-5-14-9/h5-6H,3-4H2,1-2H3,(H,12,13,14). The smallest absolute Gasteiger partial charge is 0.148 e. The number of anilines is 1. The Labute approximate surface area is 111 Å². The summed E-state index contributed by atoms with van der Waals surface area (Å²) in [6.45, 7) is 2.66. The molecule has 0 bridgehead atoms. The molecule has 0 fully saturated rings. The average Bonchev–Trinajstić information content (AvgIpc) is 2.24. The van der Waals surface area contributed by atoms with Crippen molar-refractivity contribution in [3.63, 3.8) is 0 Å². The summed E-state index contributed by atoms with van der Waals surface area (Å²) >= 11 is 9.12. The van der Waals surface area contributed by atoms with Crippen molar-refractivity contribution in [1.29, 1.82) is 0 Å². The van der Waals surface area contributed by atoms with E-state index in [1.54, 1.807) is 6.26 Å². The first kappa shape index (κ1) is 13.9. The van der Waals surface area contributed by atoms with Crippen LogP contribution in [0.25, 0.3) is 0 Å². The summed E-state index contributed by atoms with van der Waals surface area (Å²) < 4.78 is 11.8. The van der Waals surface area contributed by atoms with Gasteiger partial charge in [0.05, 0.1) is 4.47 Å². The molecular weight excluding hydrogens is 314 g/mol. The topological polar surface area (TPSA) is 54.9 Å². The maximum absolute atomic E-state index is 11.1. The summed E-state index contributed by atoms with van der Waals surface area (Å²) in [5.74, 6) is 0.661. The van der Waals surface area contributed by atoms with Crippen molar-refractivity contribution in [1.82, 2.24) is 9.97 Å². The van der Waals surface area contributed by atoms with Crippen molar-refractivity contribution >= 4 is 44.1 Å². The van der Waals surface area contributed by atoms with Crippen LogP contribution in [0.4, 0.5) is 5.82 Å². The molecule has 0 aliphatic carbocycles. The molecule has 0 saturated heterocycles. The minimum absolute atomic E-state index is 0.170. The summed E-state index contributed by atoms with van der Waals surface area (Å²) in [7, 11) is -0.788. The van der Waals surface area contributed by atoms with E-state index in [1.807, 2.05) is 6.92 Å². The number of aromatic nitrogens is 2. The van der Waals surface area contributed by atoms with Gasteiger partial charge in [0.1, 0.15) is 17.3 Å². The zero-order chi connectivity index (χ0) is 12.1. The maximum atomic E-state index is 11.1. The van der Waals surface area contributed by atoms with Gasteiger partial charge >= 0.3 is 0 Å². The van der Waals surface area contributed by atoms with Crippen molar-refractivity contribution in [2.45, 2.75) is 18.6 Å². The van der Waals surface area contributed by atoms with Gasteiger partial charge in [0.25, 0.3) is 0 Å². The largest absolute Gasteiger partial charge is 0.369 e. The highest BCUT2D eigenvalue weighted by Crippen LogP contribution is 2.25. The van der Waals surface area contributed by atoms with Gasteiger partial charge in [-0.15, -0.1) is 0 Å². The highest BCUT2D eigenvalue weighted by molar-refractivity contribution is 9.10. The van der Waals surface area contributed by atoms with Crippen LogP contribution in [0.15, 0.2) is 10.8 Å². The maximum Gasteiger partial charge on any atom is 0.148 e. The Morgan fingerprint density at radius 2 is 2.31 bits per heavy atom. The number of nitrogens with zero attached hydrogens (tertiary/aromatic N) is 2. The van der Waals surface area contributed by atoms with E-state index in [9.17, 15) is 4.21 Å². The molecule has 1 rings (SSSR count). The molecular formula is C9H13BrClN3OS. The summed E-state index contributed by atoms with van der Waals surface area (Å²) in [4.78, 5) is 7.88. The summed E-state index contributed by atoms with van der Waals surface area (Å²) in [6.07, 6.45) is 3.93. The third-order valence-electron chi connectivity index (χ3n) is 2.16. The number of hydrogen-bond donors (Lipinski definition) is 1. The summed E-state index contributed by atoms with van der Waals surface area (Å²) in [5.41, 5.74) is 0.